The van der Waals surface area contributed by atoms with Crippen LogP contribution < -0.4 is 5.73 Å². The van der Waals surface area contributed by atoms with Gasteiger partial charge in [-0.3, -0.25) is 9.48 Å². The number of nitrogens with zero attached hydrogens (tertiary/aromatic N) is 2. The van der Waals surface area contributed by atoms with E-state index < -0.39 is 5.82 Å². The third-order valence-corrected chi connectivity index (χ3v) is 4.10. The molecule has 0 saturated heterocycles. The molecular weight excluding hydrogens is 325 g/mol. The number of hydrogen-bond acceptors (Lipinski definition) is 3. The number of rotatable bonds is 4. The van der Waals surface area contributed by atoms with Gasteiger partial charge in [0.1, 0.15) is 5.82 Å². The molecule has 0 radical (unpaired) electrons. The van der Waals surface area contributed by atoms with Crippen LogP contribution >= 0.6 is 15.9 Å². The standard InChI is InChI=1S/C14H15BrFN3O/c1-3-10-13(15)11(19(2)18-10)7-12(20)8-5-4-6-9(16)14(8)17/h4-6H,3,7,17H2,1-2H3. The van der Waals surface area contributed by atoms with Crippen LogP contribution in [0.5, 0.6) is 0 Å². The summed E-state index contributed by atoms with van der Waals surface area (Å²) in [5.41, 5.74) is 7.37. The lowest BCUT2D eigenvalue weighted by atomic mass is 10.0. The van der Waals surface area contributed by atoms with Gasteiger partial charge < -0.3 is 5.73 Å². The van der Waals surface area contributed by atoms with Crippen LogP contribution in [0, 0.1) is 5.82 Å². The summed E-state index contributed by atoms with van der Waals surface area (Å²) in [6.45, 7) is 1.99. The van der Waals surface area contributed by atoms with Crippen molar-refractivity contribution in [1.29, 1.82) is 0 Å². The van der Waals surface area contributed by atoms with Crippen molar-refractivity contribution < 1.29 is 9.18 Å². The van der Waals surface area contributed by atoms with Gasteiger partial charge in [-0.05, 0) is 34.5 Å². The van der Waals surface area contributed by atoms with Gasteiger partial charge in [-0.25, -0.2) is 4.39 Å². The zero-order valence-corrected chi connectivity index (χ0v) is 12.9. The van der Waals surface area contributed by atoms with E-state index in [0.29, 0.717) is 0 Å². The number of anilines is 1. The molecule has 0 aliphatic rings. The van der Waals surface area contributed by atoms with Gasteiger partial charge >= 0.3 is 0 Å². The minimum atomic E-state index is -0.575. The number of benzene rings is 1. The van der Waals surface area contributed by atoms with Gasteiger partial charge in [0, 0.05) is 12.6 Å². The minimum absolute atomic E-state index is 0.105. The average Bonchev–Trinajstić information content (AvgIpc) is 2.69. The van der Waals surface area contributed by atoms with Crippen molar-refractivity contribution in [1.82, 2.24) is 9.78 Å². The third kappa shape index (κ3) is 2.60. The number of nitrogen functional groups attached to an aromatic ring is 1. The summed E-state index contributed by atoms with van der Waals surface area (Å²) in [4.78, 5) is 12.3. The van der Waals surface area contributed by atoms with Crippen LogP contribution in [0.4, 0.5) is 10.1 Å². The maximum atomic E-state index is 13.4. The Balaban J connectivity index is 2.33. The summed E-state index contributed by atoms with van der Waals surface area (Å²) in [5.74, 6) is -0.803. The highest BCUT2D eigenvalue weighted by Crippen LogP contribution is 2.24. The lowest BCUT2D eigenvalue weighted by Crippen LogP contribution is -2.11. The molecule has 0 aliphatic carbocycles. The molecular formula is C14H15BrFN3O. The first kappa shape index (κ1) is 14.7. The molecule has 0 bridgehead atoms. The Kier molecular flexibility index (Phi) is 4.23. The normalized spacial score (nSPS) is 10.8. The first-order valence-corrected chi connectivity index (χ1v) is 7.02. The van der Waals surface area contributed by atoms with Crippen molar-refractivity contribution >= 4 is 27.4 Å². The Morgan fingerprint density at radius 3 is 2.80 bits per heavy atom. The van der Waals surface area contributed by atoms with E-state index in [0.717, 1.165) is 22.3 Å². The van der Waals surface area contributed by atoms with Crippen LogP contribution in [-0.2, 0) is 19.9 Å². The molecule has 106 valence electrons. The predicted molar refractivity (Wildman–Crippen MR) is 79.1 cm³/mol. The second-order valence-electron chi connectivity index (χ2n) is 4.49. The molecule has 2 N–H and O–H groups in total. The molecule has 0 fully saturated rings. The number of aryl methyl sites for hydroxylation is 2. The molecule has 0 aliphatic heterocycles. The van der Waals surface area contributed by atoms with E-state index >= 15 is 0 Å². The Labute approximate surface area is 124 Å². The summed E-state index contributed by atoms with van der Waals surface area (Å²) in [7, 11) is 1.78. The lowest BCUT2D eigenvalue weighted by molar-refractivity contribution is 0.0991. The molecule has 2 rings (SSSR count). The molecule has 20 heavy (non-hydrogen) atoms. The summed E-state index contributed by atoms with van der Waals surface area (Å²) in [6.07, 6.45) is 0.891. The molecule has 0 atom stereocenters. The minimum Gasteiger partial charge on any atom is -0.396 e. The summed E-state index contributed by atoms with van der Waals surface area (Å²) < 4.78 is 15.9. The Bertz CT molecular complexity index is 667. The van der Waals surface area contributed by atoms with Crippen molar-refractivity contribution in [3.05, 3.63) is 45.4 Å². The Morgan fingerprint density at radius 1 is 1.50 bits per heavy atom. The fourth-order valence-electron chi connectivity index (χ4n) is 2.04. The molecule has 1 aromatic carbocycles. The van der Waals surface area contributed by atoms with Gasteiger partial charge in [0.2, 0.25) is 0 Å². The number of nitrogens with two attached hydrogens (primary N) is 1. The fourth-order valence-corrected chi connectivity index (χ4v) is 2.80. The van der Waals surface area contributed by atoms with E-state index in [2.05, 4.69) is 21.0 Å². The second-order valence-corrected chi connectivity index (χ2v) is 5.28. The number of para-hydroxylation sites is 1. The fraction of sp³-hybridized carbons (Fsp3) is 0.286. The zero-order chi connectivity index (χ0) is 14.9. The van der Waals surface area contributed by atoms with Crippen LogP contribution in [0.25, 0.3) is 0 Å². The van der Waals surface area contributed by atoms with Crippen LogP contribution in [0.3, 0.4) is 0 Å². The smallest absolute Gasteiger partial charge is 0.171 e. The number of halogens is 2. The van der Waals surface area contributed by atoms with E-state index in [9.17, 15) is 9.18 Å². The molecule has 0 unspecified atom stereocenters. The topological polar surface area (TPSA) is 60.9 Å². The zero-order valence-electron chi connectivity index (χ0n) is 11.3. The van der Waals surface area contributed by atoms with Crippen LogP contribution in [0.15, 0.2) is 22.7 Å². The molecule has 2 aromatic rings. The highest BCUT2D eigenvalue weighted by Gasteiger charge is 2.19. The van der Waals surface area contributed by atoms with E-state index in [1.54, 1.807) is 11.7 Å². The highest BCUT2D eigenvalue weighted by atomic mass is 79.9. The summed E-state index contributed by atoms with van der Waals surface area (Å²) >= 11 is 3.46. The van der Waals surface area contributed by atoms with E-state index in [1.165, 1.54) is 18.2 Å². The third-order valence-electron chi connectivity index (χ3n) is 3.18. The Morgan fingerprint density at radius 2 is 2.20 bits per heavy atom. The monoisotopic (exact) mass is 339 g/mol. The van der Waals surface area contributed by atoms with Gasteiger partial charge in [-0.15, -0.1) is 0 Å². The van der Waals surface area contributed by atoms with Crippen molar-refractivity contribution in [3.8, 4) is 0 Å². The van der Waals surface area contributed by atoms with Crippen molar-refractivity contribution in [3.63, 3.8) is 0 Å². The largest absolute Gasteiger partial charge is 0.396 e. The molecule has 0 amide bonds. The number of Topliss-reactive ketones (excluding diaryl/α,β-unsaturated/α-hetero) is 1. The number of hydrogen-bond donors (Lipinski definition) is 1. The van der Waals surface area contributed by atoms with Gasteiger partial charge in [-0.2, -0.15) is 5.10 Å². The maximum absolute atomic E-state index is 13.4. The number of ketones is 1. The van der Waals surface area contributed by atoms with Gasteiger partial charge in [0.15, 0.2) is 5.78 Å². The predicted octanol–water partition coefficient (Wildman–Crippen LogP) is 2.89. The second kappa shape index (κ2) is 5.75. The molecule has 1 heterocycles. The van der Waals surface area contributed by atoms with Gasteiger partial charge in [0.25, 0.3) is 0 Å². The molecule has 0 saturated carbocycles. The average molecular weight is 340 g/mol. The first-order valence-electron chi connectivity index (χ1n) is 6.23. The van der Waals surface area contributed by atoms with E-state index in [-0.39, 0.29) is 23.5 Å². The van der Waals surface area contributed by atoms with Crippen LogP contribution in [-0.4, -0.2) is 15.6 Å². The summed E-state index contributed by atoms with van der Waals surface area (Å²) in [5, 5.41) is 4.33. The number of carbonyl (C=O) groups excluding carboxylic acids is 1. The van der Waals surface area contributed by atoms with Crippen molar-refractivity contribution in [2.75, 3.05) is 5.73 Å². The van der Waals surface area contributed by atoms with E-state index in [4.69, 9.17) is 5.73 Å². The van der Waals surface area contributed by atoms with Gasteiger partial charge in [-0.1, -0.05) is 13.0 Å². The first-order chi connectivity index (χ1) is 9.45. The number of aromatic nitrogens is 2. The quantitative estimate of drug-likeness (QED) is 0.688. The highest BCUT2D eigenvalue weighted by molar-refractivity contribution is 9.10. The maximum Gasteiger partial charge on any atom is 0.171 e. The molecule has 0 spiro atoms. The van der Waals surface area contributed by atoms with Crippen molar-refractivity contribution in [2.24, 2.45) is 7.05 Å². The summed E-state index contributed by atoms with van der Waals surface area (Å²) in [6, 6.07) is 4.25. The molecule has 6 heteroatoms. The van der Waals surface area contributed by atoms with Crippen molar-refractivity contribution in [2.45, 2.75) is 19.8 Å². The molecule has 4 nitrogen and oxygen atoms in total. The number of carbonyl (C=O) groups is 1. The molecule has 1 aromatic heterocycles. The van der Waals surface area contributed by atoms with Crippen LogP contribution in [0.2, 0.25) is 0 Å². The lowest BCUT2D eigenvalue weighted by Gasteiger charge is -2.06. The van der Waals surface area contributed by atoms with Crippen LogP contribution in [0.1, 0.15) is 28.7 Å². The van der Waals surface area contributed by atoms with E-state index in [1.807, 2.05) is 6.92 Å². The Hall–Kier alpha value is -1.69. The van der Waals surface area contributed by atoms with Gasteiger partial charge in [0.05, 0.1) is 28.0 Å². The SMILES string of the molecule is CCc1nn(C)c(CC(=O)c2cccc(F)c2N)c1Br.